The summed E-state index contributed by atoms with van der Waals surface area (Å²) in [5.41, 5.74) is 1.18. The van der Waals surface area contributed by atoms with Crippen LogP contribution in [0.2, 0.25) is 0 Å². The molecule has 1 saturated heterocycles. The predicted molar refractivity (Wildman–Crippen MR) is 74.6 cm³/mol. The van der Waals surface area contributed by atoms with Gasteiger partial charge in [-0.15, -0.1) is 0 Å². The Balaban J connectivity index is 2.19. The van der Waals surface area contributed by atoms with Crippen molar-refractivity contribution in [2.24, 2.45) is 0 Å². The number of piperazine rings is 1. The Kier molecular flexibility index (Phi) is 4.07. The Bertz CT molecular complexity index is 398. The van der Waals surface area contributed by atoms with Gasteiger partial charge in [-0.05, 0) is 25.1 Å². The van der Waals surface area contributed by atoms with E-state index in [2.05, 4.69) is 47.8 Å². The lowest BCUT2D eigenvalue weighted by molar-refractivity contribution is 0.311. The highest BCUT2D eigenvalue weighted by Gasteiger charge is 2.17. The number of hydrogen-bond donors (Lipinski definition) is 0. The maximum atomic E-state index is 5.41. The first-order chi connectivity index (χ1) is 8.61. The number of rotatable bonds is 3. The molecule has 18 heavy (non-hydrogen) atoms. The molecule has 0 amide bonds. The monoisotopic (exact) mass is 249 g/mol. The second kappa shape index (κ2) is 5.57. The van der Waals surface area contributed by atoms with Crippen LogP contribution in [-0.2, 0) is 0 Å². The van der Waals surface area contributed by atoms with Crippen LogP contribution in [0.3, 0.4) is 0 Å². The molecule has 1 aromatic heterocycles. The quantitative estimate of drug-likeness (QED) is 0.819. The predicted octanol–water partition coefficient (Wildman–Crippen LogP) is 1.97. The molecule has 0 spiro atoms. The van der Waals surface area contributed by atoms with E-state index in [1.807, 2.05) is 0 Å². The fourth-order valence-electron chi connectivity index (χ4n) is 2.26. The van der Waals surface area contributed by atoms with Crippen LogP contribution in [0.15, 0.2) is 12.1 Å². The molecular formula is C14H23N3O. The molecule has 0 bridgehead atoms. The molecule has 1 aromatic rings. The zero-order valence-corrected chi connectivity index (χ0v) is 11.8. The highest BCUT2D eigenvalue weighted by Crippen LogP contribution is 2.27. The third-order valence-electron chi connectivity index (χ3n) is 3.52. The summed E-state index contributed by atoms with van der Waals surface area (Å²) in [6, 6.07) is 4.26. The molecule has 0 atom stereocenters. The fourth-order valence-corrected chi connectivity index (χ4v) is 2.26. The SMILES string of the molecule is COc1nc(N2CCN(C)CC2)ccc1C(C)C. The second-order valence-electron chi connectivity index (χ2n) is 5.21. The van der Waals surface area contributed by atoms with Gasteiger partial charge >= 0.3 is 0 Å². The van der Waals surface area contributed by atoms with Crippen LogP contribution in [0.1, 0.15) is 25.3 Å². The zero-order chi connectivity index (χ0) is 13.1. The molecule has 2 heterocycles. The fraction of sp³-hybridized carbons (Fsp3) is 0.643. The van der Waals surface area contributed by atoms with Crippen molar-refractivity contribution in [3.63, 3.8) is 0 Å². The van der Waals surface area contributed by atoms with Gasteiger partial charge in [0.15, 0.2) is 0 Å². The standard InChI is InChI=1S/C14H23N3O/c1-11(2)12-5-6-13(15-14(12)18-4)17-9-7-16(3)8-10-17/h5-6,11H,7-10H2,1-4H3. The smallest absolute Gasteiger partial charge is 0.218 e. The number of methoxy groups -OCH3 is 1. The number of aromatic nitrogens is 1. The number of likely N-dealkylation sites (N-methyl/N-ethyl adjacent to an activating group) is 1. The van der Waals surface area contributed by atoms with E-state index in [4.69, 9.17) is 4.74 Å². The summed E-state index contributed by atoms with van der Waals surface area (Å²) in [6.45, 7) is 8.58. The summed E-state index contributed by atoms with van der Waals surface area (Å²) in [7, 11) is 3.86. The molecule has 1 aliphatic rings. The summed E-state index contributed by atoms with van der Waals surface area (Å²) < 4.78 is 5.41. The first-order valence-corrected chi connectivity index (χ1v) is 6.60. The van der Waals surface area contributed by atoms with E-state index in [1.54, 1.807) is 7.11 Å². The van der Waals surface area contributed by atoms with Gasteiger partial charge in [0.05, 0.1) is 7.11 Å². The van der Waals surface area contributed by atoms with E-state index in [0.717, 1.165) is 37.9 Å². The highest BCUT2D eigenvalue weighted by atomic mass is 16.5. The molecule has 0 aliphatic carbocycles. The van der Waals surface area contributed by atoms with Crippen LogP contribution in [-0.4, -0.2) is 50.2 Å². The van der Waals surface area contributed by atoms with Gasteiger partial charge in [0.25, 0.3) is 0 Å². The molecule has 0 radical (unpaired) electrons. The Morgan fingerprint density at radius 1 is 1.17 bits per heavy atom. The van der Waals surface area contributed by atoms with Crippen molar-refractivity contribution in [3.8, 4) is 5.88 Å². The van der Waals surface area contributed by atoms with E-state index >= 15 is 0 Å². The molecule has 1 fully saturated rings. The minimum Gasteiger partial charge on any atom is -0.481 e. The summed E-state index contributed by atoms with van der Waals surface area (Å²) in [6.07, 6.45) is 0. The van der Waals surface area contributed by atoms with E-state index in [-0.39, 0.29) is 0 Å². The molecule has 4 heteroatoms. The van der Waals surface area contributed by atoms with Crippen LogP contribution < -0.4 is 9.64 Å². The van der Waals surface area contributed by atoms with Crippen LogP contribution in [0.25, 0.3) is 0 Å². The van der Waals surface area contributed by atoms with Crippen molar-refractivity contribution in [2.75, 3.05) is 45.2 Å². The molecule has 100 valence electrons. The van der Waals surface area contributed by atoms with Gasteiger partial charge in [-0.2, -0.15) is 4.98 Å². The largest absolute Gasteiger partial charge is 0.481 e. The molecule has 4 nitrogen and oxygen atoms in total. The molecule has 0 saturated carbocycles. The minimum absolute atomic E-state index is 0.439. The van der Waals surface area contributed by atoms with Crippen LogP contribution >= 0.6 is 0 Å². The van der Waals surface area contributed by atoms with Crippen LogP contribution in [0, 0.1) is 0 Å². The number of ether oxygens (including phenoxy) is 1. The molecule has 0 unspecified atom stereocenters. The molecule has 1 aliphatic heterocycles. The van der Waals surface area contributed by atoms with E-state index in [1.165, 1.54) is 5.56 Å². The Labute approximate surface area is 110 Å². The lowest BCUT2D eigenvalue weighted by Crippen LogP contribution is -2.44. The van der Waals surface area contributed by atoms with Crippen molar-refractivity contribution in [1.29, 1.82) is 0 Å². The Morgan fingerprint density at radius 3 is 2.39 bits per heavy atom. The van der Waals surface area contributed by atoms with Gasteiger partial charge in [-0.25, -0.2) is 0 Å². The third kappa shape index (κ3) is 2.75. The maximum Gasteiger partial charge on any atom is 0.218 e. The summed E-state index contributed by atoms with van der Waals surface area (Å²) >= 11 is 0. The maximum absolute atomic E-state index is 5.41. The molecular weight excluding hydrogens is 226 g/mol. The lowest BCUT2D eigenvalue weighted by Gasteiger charge is -2.33. The minimum atomic E-state index is 0.439. The van der Waals surface area contributed by atoms with Gasteiger partial charge in [0.2, 0.25) is 5.88 Å². The highest BCUT2D eigenvalue weighted by molar-refractivity contribution is 5.45. The number of nitrogens with zero attached hydrogens (tertiary/aromatic N) is 3. The van der Waals surface area contributed by atoms with Gasteiger partial charge in [-0.3, -0.25) is 0 Å². The molecule has 0 aromatic carbocycles. The number of anilines is 1. The zero-order valence-electron chi connectivity index (χ0n) is 11.8. The molecule has 2 rings (SSSR count). The summed E-state index contributed by atoms with van der Waals surface area (Å²) in [5.74, 6) is 2.24. The lowest BCUT2D eigenvalue weighted by atomic mass is 10.1. The number of pyridine rings is 1. The first-order valence-electron chi connectivity index (χ1n) is 6.60. The van der Waals surface area contributed by atoms with Gasteiger partial charge in [0, 0.05) is 31.7 Å². The summed E-state index contributed by atoms with van der Waals surface area (Å²) in [5, 5.41) is 0. The second-order valence-corrected chi connectivity index (χ2v) is 5.21. The Hall–Kier alpha value is -1.29. The van der Waals surface area contributed by atoms with Crippen molar-refractivity contribution < 1.29 is 4.74 Å². The Morgan fingerprint density at radius 2 is 1.83 bits per heavy atom. The van der Waals surface area contributed by atoms with Crippen molar-refractivity contribution >= 4 is 5.82 Å². The average molecular weight is 249 g/mol. The topological polar surface area (TPSA) is 28.6 Å². The molecule has 0 N–H and O–H groups in total. The third-order valence-corrected chi connectivity index (χ3v) is 3.52. The van der Waals surface area contributed by atoms with Crippen LogP contribution in [0.5, 0.6) is 5.88 Å². The van der Waals surface area contributed by atoms with E-state index in [0.29, 0.717) is 5.92 Å². The van der Waals surface area contributed by atoms with Gasteiger partial charge < -0.3 is 14.5 Å². The average Bonchev–Trinajstić information content (AvgIpc) is 2.38. The van der Waals surface area contributed by atoms with E-state index in [9.17, 15) is 0 Å². The van der Waals surface area contributed by atoms with Crippen molar-refractivity contribution in [3.05, 3.63) is 17.7 Å². The van der Waals surface area contributed by atoms with Crippen LogP contribution in [0.4, 0.5) is 5.82 Å². The van der Waals surface area contributed by atoms with Crippen molar-refractivity contribution in [2.45, 2.75) is 19.8 Å². The normalized spacial score (nSPS) is 17.3. The summed E-state index contributed by atoms with van der Waals surface area (Å²) in [4.78, 5) is 9.32. The van der Waals surface area contributed by atoms with Crippen molar-refractivity contribution in [1.82, 2.24) is 9.88 Å². The first kappa shape index (κ1) is 13.1. The van der Waals surface area contributed by atoms with E-state index < -0.39 is 0 Å². The van der Waals surface area contributed by atoms with Gasteiger partial charge in [-0.1, -0.05) is 13.8 Å². The number of hydrogen-bond acceptors (Lipinski definition) is 4. The van der Waals surface area contributed by atoms with Gasteiger partial charge in [0.1, 0.15) is 5.82 Å².